The predicted molar refractivity (Wildman–Crippen MR) is 153 cm³/mol. The largest absolute Gasteiger partial charge is 0.322 e. The molecule has 202 valence electrons. The molecule has 0 atom stereocenters. The van der Waals surface area contributed by atoms with Gasteiger partial charge in [0.25, 0.3) is 23.2 Å². The molecule has 12 heteroatoms. The van der Waals surface area contributed by atoms with Gasteiger partial charge in [0.05, 0.1) is 9.85 Å². The maximum atomic E-state index is 12.8. The van der Waals surface area contributed by atoms with Crippen LogP contribution < -0.4 is 10.6 Å². The lowest BCUT2D eigenvalue weighted by atomic mass is 9.99. The third kappa shape index (κ3) is 6.09. The molecule has 2 amide bonds. The number of nitrogens with one attached hydrogen (secondary N) is 2. The molecule has 0 unspecified atom stereocenters. The molecule has 0 aliphatic rings. The molecule has 4 rings (SSSR count). The van der Waals surface area contributed by atoms with Crippen molar-refractivity contribution in [1.29, 1.82) is 0 Å². The predicted octanol–water partition coefficient (Wildman–Crippen LogP) is 7.60. The van der Waals surface area contributed by atoms with Crippen LogP contribution in [0, 0.1) is 34.1 Å². The average Bonchev–Trinajstić information content (AvgIpc) is 2.90. The number of nitrogens with zero attached hydrogens (tertiary/aromatic N) is 2. The van der Waals surface area contributed by atoms with Gasteiger partial charge in [0.15, 0.2) is 0 Å². The van der Waals surface area contributed by atoms with Gasteiger partial charge in [-0.15, -0.1) is 0 Å². The van der Waals surface area contributed by atoms with Gasteiger partial charge in [-0.25, -0.2) is 0 Å². The van der Waals surface area contributed by atoms with Crippen LogP contribution in [0.5, 0.6) is 0 Å². The first kappa shape index (κ1) is 28.2. The molecule has 0 heterocycles. The minimum absolute atomic E-state index is 0.155. The van der Waals surface area contributed by atoms with Gasteiger partial charge in [0.1, 0.15) is 11.1 Å². The Bertz CT molecular complexity index is 1580. The van der Waals surface area contributed by atoms with Crippen LogP contribution in [0.25, 0.3) is 11.1 Å². The van der Waals surface area contributed by atoms with Crippen LogP contribution in [0.15, 0.2) is 72.8 Å². The standard InChI is InChI=1S/C28H20Cl2N4O6/c1-15-11-17(3-7-23(15)31-27(35)21-13-19(29)5-9-25(21)33(37)38)18-4-8-24(16(2)12-18)32-28(36)22-14-20(30)6-10-26(22)34(39)40/h3-14H,1-2H3,(H,31,35)(H,32,36). The molecule has 0 aliphatic carbocycles. The number of nitro benzene ring substituents is 2. The molecule has 0 spiro atoms. The van der Waals surface area contributed by atoms with Crippen molar-refractivity contribution < 1.29 is 19.4 Å². The maximum Gasteiger partial charge on any atom is 0.282 e. The lowest BCUT2D eigenvalue weighted by Gasteiger charge is -2.13. The van der Waals surface area contributed by atoms with E-state index in [0.717, 1.165) is 11.1 Å². The molecule has 0 aromatic heterocycles. The molecular formula is C28H20Cl2N4O6. The second kappa shape index (κ2) is 11.5. The van der Waals surface area contributed by atoms with E-state index in [9.17, 15) is 29.8 Å². The van der Waals surface area contributed by atoms with Crippen molar-refractivity contribution in [2.45, 2.75) is 13.8 Å². The van der Waals surface area contributed by atoms with E-state index >= 15 is 0 Å². The quantitative estimate of drug-likeness (QED) is 0.170. The van der Waals surface area contributed by atoms with Gasteiger partial charge < -0.3 is 10.6 Å². The lowest BCUT2D eigenvalue weighted by molar-refractivity contribution is -0.385. The number of rotatable bonds is 7. The van der Waals surface area contributed by atoms with Crippen LogP contribution in [-0.2, 0) is 0 Å². The fourth-order valence-corrected chi connectivity index (χ4v) is 4.39. The minimum Gasteiger partial charge on any atom is -0.322 e. The van der Waals surface area contributed by atoms with Gasteiger partial charge in [-0.05, 0) is 84.6 Å². The van der Waals surface area contributed by atoms with Gasteiger partial charge in [0.2, 0.25) is 0 Å². The Morgan fingerprint density at radius 2 is 1.00 bits per heavy atom. The molecule has 0 bridgehead atoms. The number of nitro groups is 2. The Labute approximate surface area is 237 Å². The number of carbonyl (C=O) groups is 2. The smallest absolute Gasteiger partial charge is 0.282 e. The van der Waals surface area contributed by atoms with Gasteiger partial charge in [-0.1, -0.05) is 35.3 Å². The summed E-state index contributed by atoms with van der Waals surface area (Å²) < 4.78 is 0. The summed E-state index contributed by atoms with van der Waals surface area (Å²) >= 11 is 11.9. The van der Waals surface area contributed by atoms with Gasteiger partial charge in [-0.3, -0.25) is 29.8 Å². The third-order valence-corrected chi connectivity index (χ3v) is 6.55. The number of aryl methyl sites for hydroxylation is 2. The van der Waals surface area contributed by atoms with Gasteiger partial charge in [0, 0.05) is 33.6 Å². The third-order valence-electron chi connectivity index (χ3n) is 6.08. The molecule has 0 saturated heterocycles. The molecule has 0 saturated carbocycles. The molecule has 4 aromatic rings. The van der Waals surface area contributed by atoms with E-state index in [1.165, 1.54) is 36.4 Å². The Hall–Kier alpha value is -4.80. The highest BCUT2D eigenvalue weighted by Gasteiger charge is 2.22. The second-order valence-corrected chi connectivity index (χ2v) is 9.68. The number of hydrogen-bond donors (Lipinski definition) is 2. The van der Waals surface area contributed by atoms with Crippen molar-refractivity contribution in [1.82, 2.24) is 0 Å². The van der Waals surface area contributed by atoms with Crippen LogP contribution >= 0.6 is 23.2 Å². The Morgan fingerprint density at radius 1 is 0.625 bits per heavy atom. The van der Waals surface area contributed by atoms with E-state index in [1.807, 2.05) is 12.1 Å². The van der Waals surface area contributed by atoms with Crippen molar-refractivity contribution in [3.63, 3.8) is 0 Å². The summed E-state index contributed by atoms with van der Waals surface area (Å²) in [4.78, 5) is 46.9. The van der Waals surface area contributed by atoms with Crippen LogP contribution in [0.1, 0.15) is 31.8 Å². The fourth-order valence-electron chi connectivity index (χ4n) is 4.04. The van der Waals surface area contributed by atoms with Crippen LogP contribution in [0.2, 0.25) is 10.0 Å². The summed E-state index contributed by atoms with van der Waals surface area (Å²) in [5, 5.41) is 28.4. The zero-order valence-electron chi connectivity index (χ0n) is 21.0. The van der Waals surface area contributed by atoms with E-state index in [-0.39, 0.29) is 32.5 Å². The van der Waals surface area contributed by atoms with Crippen molar-refractivity contribution in [3.8, 4) is 11.1 Å². The van der Waals surface area contributed by atoms with Gasteiger partial charge >= 0.3 is 0 Å². The summed E-state index contributed by atoms with van der Waals surface area (Å²) in [6.07, 6.45) is 0. The van der Waals surface area contributed by atoms with Crippen LogP contribution in [0.3, 0.4) is 0 Å². The summed E-state index contributed by atoms with van der Waals surface area (Å²) in [6, 6.07) is 18.1. The molecule has 10 nitrogen and oxygen atoms in total. The molecule has 0 fully saturated rings. The molecule has 40 heavy (non-hydrogen) atoms. The van der Waals surface area contributed by atoms with Crippen molar-refractivity contribution in [2.75, 3.05) is 10.6 Å². The molecule has 0 radical (unpaired) electrons. The van der Waals surface area contributed by atoms with Crippen molar-refractivity contribution in [3.05, 3.63) is 125 Å². The van der Waals surface area contributed by atoms with E-state index < -0.39 is 21.7 Å². The Morgan fingerprint density at radius 3 is 1.32 bits per heavy atom. The van der Waals surface area contributed by atoms with Crippen LogP contribution in [0.4, 0.5) is 22.7 Å². The monoisotopic (exact) mass is 578 g/mol. The minimum atomic E-state index is -0.666. The highest BCUT2D eigenvalue weighted by Crippen LogP contribution is 2.30. The maximum absolute atomic E-state index is 12.8. The zero-order valence-corrected chi connectivity index (χ0v) is 22.5. The lowest BCUT2D eigenvalue weighted by Crippen LogP contribution is -2.15. The zero-order chi connectivity index (χ0) is 29.1. The average molecular weight is 579 g/mol. The Kier molecular flexibility index (Phi) is 8.13. The highest BCUT2D eigenvalue weighted by atomic mass is 35.5. The summed E-state index contributed by atoms with van der Waals surface area (Å²) in [5.74, 6) is -1.33. The summed E-state index contributed by atoms with van der Waals surface area (Å²) in [5.41, 5.74) is 2.95. The van der Waals surface area contributed by atoms with E-state index in [4.69, 9.17) is 23.2 Å². The van der Waals surface area contributed by atoms with Crippen LogP contribution in [-0.4, -0.2) is 21.7 Å². The Balaban J connectivity index is 1.54. The molecule has 4 aromatic carbocycles. The number of carbonyl (C=O) groups excluding carboxylic acids is 2. The van der Waals surface area contributed by atoms with E-state index in [0.29, 0.717) is 22.5 Å². The number of hydrogen-bond acceptors (Lipinski definition) is 6. The first-order valence-electron chi connectivity index (χ1n) is 11.7. The number of benzene rings is 4. The normalized spacial score (nSPS) is 10.6. The van der Waals surface area contributed by atoms with E-state index in [1.54, 1.807) is 38.1 Å². The first-order chi connectivity index (χ1) is 18.9. The van der Waals surface area contributed by atoms with Crippen molar-refractivity contribution >= 4 is 57.8 Å². The van der Waals surface area contributed by atoms with Gasteiger partial charge in [-0.2, -0.15) is 0 Å². The second-order valence-electron chi connectivity index (χ2n) is 8.80. The fraction of sp³-hybridized carbons (Fsp3) is 0.0714. The first-order valence-corrected chi connectivity index (χ1v) is 12.4. The number of anilines is 2. The summed E-state index contributed by atoms with van der Waals surface area (Å²) in [7, 11) is 0. The number of halogens is 2. The highest BCUT2D eigenvalue weighted by molar-refractivity contribution is 6.31. The van der Waals surface area contributed by atoms with E-state index in [2.05, 4.69) is 10.6 Å². The SMILES string of the molecule is Cc1cc(-c2ccc(NC(=O)c3cc(Cl)ccc3[N+](=O)[O-])c(C)c2)ccc1NC(=O)c1cc(Cl)ccc1[N+](=O)[O-]. The summed E-state index contributed by atoms with van der Waals surface area (Å²) in [6.45, 7) is 3.57. The topological polar surface area (TPSA) is 144 Å². The molecule has 0 aliphatic heterocycles. The van der Waals surface area contributed by atoms with Crippen molar-refractivity contribution in [2.24, 2.45) is 0 Å². The molecule has 2 N–H and O–H groups in total. The number of amides is 2. The molecular weight excluding hydrogens is 559 g/mol.